The summed E-state index contributed by atoms with van der Waals surface area (Å²) in [4.78, 5) is 19.7. The van der Waals surface area contributed by atoms with Crippen molar-refractivity contribution in [2.75, 3.05) is 45.6 Å². The number of rotatable bonds is 4. The number of carbonyl (C=O) groups is 1. The Labute approximate surface area is 123 Å². The van der Waals surface area contributed by atoms with Crippen molar-refractivity contribution in [3.8, 4) is 0 Å². The molecule has 0 bridgehead atoms. The summed E-state index contributed by atoms with van der Waals surface area (Å²) < 4.78 is 0. The standard InChI is InChI=1S/C13H19ClN4O2/c1-17-3-4-18(2)9(8-17)6-15-12-5-10(13(19)20)11(14)7-16-12/h5,7,9H,3-4,6,8H2,1-2H3,(H,15,16)(H,19,20). The SMILES string of the molecule is CN1CCN(C)C(CNc2cc(C(=O)O)c(Cl)cn2)C1. The third kappa shape index (κ3) is 3.59. The number of hydrogen-bond donors (Lipinski definition) is 2. The van der Waals surface area contributed by atoms with Crippen molar-refractivity contribution in [1.82, 2.24) is 14.8 Å². The summed E-state index contributed by atoms with van der Waals surface area (Å²) in [7, 11) is 4.19. The average Bonchev–Trinajstić information content (AvgIpc) is 2.41. The second-order valence-corrected chi connectivity index (χ2v) is 5.54. The molecule has 0 radical (unpaired) electrons. The van der Waals surface area contributed by atoms with Gasteiger partial charge in [-0.3, -0.25) is 4.90 Å². The normalized spacial score (nSPS) is 20.9. The van der Waals surface area contributed by atoms with E-state index in [2.05, 4.69) is 34.2 Å². The second kappa shape index (κ2) is 6.39. The van der Waals surface area contributed by atoms with Crippen LogP contribution in [0.25, 0.3) is 0 Å². The zero-order valence-electron chi connectivity index (χ0n) is 11.6. The Balaban J connectivity index is 2.00. The van der Waals surface area contributed by atoms with Gasteiger partial charge in [0.1, 0.15) is 5.82 Å². The van der Waals surface area contributed by atoms with Gasteiger partial charge in [-0.15, -0.1) is 0 Å². The van der Waals surface area contributed by atoms with E-state index in [0.717, 1.165) is 19.6 Å². The molecule has 1 unspecified atom stereocenters. The van der Waals surface area contributed by atoms with Gasteiger partial charge in [0.05, 0.1) is 10.6 Å². The Hall–Kier alpha value is -1.37. The van der Waals surface area contributed by atoms with Gasteiger partial charge in [-0.2, -0.15) is 0 Å². The smallest absolute Gasteiger partial charge is 0.337 e. The third-order valence-electron chi connectivity index (χ3n) is 3.58. The Kier molecular flexibility index (Phi) is 4.80. The molecule has 7 heteroatoms. The lowest BCUT2D eigenvalue weighted by Crippen LogP contribution is -2.52. The van der Waals surface area contributed by atoms with Gasteiger partial charge in [-0.1, -0.05) is 11.6 Å². The first kappa shape index (κ1) is 15.0. The van der Waals surface area contributed by atoms with Crippen LogP contribution in [0.15, 0.2) is 12.3 Å². The van der Waals surface area contributed by atoms with Crippen LogP contribution >= 0.6 is 11.6 Å². The fourth-order valence-electron chi connectivity index (χ4n) is 2.24. The molecule has 0 aromatic carbocycles. The van der Waals surface area contributed by atoms with Gasteiger partial charge < -0.3 is 15.3 Å². The molecule has 1 aliphatic heterocycles. The summed E-state index contributed by atoms with van der Waals surface area (Å²) in [5.41, 5.74) is 0.0679. The first-order chi connectivity index (χ1) is 9.47. The van der Waals surface area contributed by atoms with Gasteiger partial charge in [0, 0.05) is 38.4 Å². The number of carboxylic acids is 1. The number of anilines is 1. The van der Waals surface area contributed by atoms with Gasteiger partial charge in [0.25, 0.3) is 0 Å². The number of pyridine rings is 1. The quantitative estimate of drug-likeness (QED) is 0.867. The van der Waals surface area contributed by atoms with Crippen molar-refractivity contribution < 1.29 is 9.90 Å². The summed E-state index contributed by atoms with van der Waals surface area (Å²) in [6.45, 7) is 3.78. The van der Waals surface area contributed by atoms with Crippen molar-refractivity contribution in [2.24, 2.45) is 0 Å². The zero-order chi connectivity index (χ0) is 14.7. The van der Waals surface area contributed by atoms with Gasteiger partial charge in [-0.05, 0) is 20.2 Å². The maximum Gasteiger partial charge on any atom is 0.337 e. The first-order valence-corrected chi connectivity index (χ1v) is 6.86. The van der Waals surface area contributed by atoms with Gasteiger partial charge in [0.15, 0.2) is 0 Å². The molecule has 1 saturated heterocycles. The molecule has 1 fully saturated rings. The molecule has 0 saturated carbocycles. The predicted octanol–water partition coefficient (Wildman–Crippen LogP) is 1.09. The monoisotopic (exact) mass is 298 g/mol. The molecule has 1 aliphatic rings. The van der Waals surface area contributed by atoms with Crippen LogP contribution in [0.5, 0.6) is 0 Å². The Morgan fingerprint density at radius 3 is 3.00 bits per heavy atom. The Morgan fingerprint density at radius 1 is 1.55 bits per heavy atom. The van der Waals surface area contributed by atoms with Crippen molar-refractivity contribution >= 4 is 23.4 Å². The lowest BCUT2D eigenvalue weighted by atomic mass is 10.2. The minimum Gasteiger partial charge on any atom is -0.478 e. The van der Waals surface area contributed by atoms with E-state index in [4.69, 9.17) is 16.7 Å². The number of nitrogens with zero attached hydrogens (tertiary/aromatic N) is 3. The summed E-state index contributed by atoms with van der Waals surface area (Å²) in [5, 5.41) is 12.4. The van der Waals surface area contributed by atoms with Crippen molar-refractivity contribution in [3.63, 3.8) is 0 Å². The molecule has 2 N–H and O–H groups in total. The zero-order valence-corrected chi connectivity index (χ0v) is 12.4. The largest absolute Gasteiger partial charge is 0.478 e. The van der Waals surface area contributed by atoms with Crippen LogP contribution in [0.4, 0.5) is 5.82 Å². The molecule has 0 spiro atoms. The van der Waals surface area contributed by atoms with E-state index in [1.807, 2.05) is 0 Å². The van der Waals surface area contributed by atoms with Crippen LogP contribution in [0.3, 0.4) is 0 Å². The lowest BCUT2D eigenvalue weighted by molar-refractivity contribution is 0.0697. The summed E-state index contributed by atoms with van der Waals surface area (Å²) in [6, 6.07) is 1.84. The predicted molar refractivity (Wildman–Crippen MR) is 78.6 cm³/mol. The fourth-order valence-corrected chi connectivity index (χ4v) is 2.43. The Morgan fingerprint density at radius 2 is 2.30 bits per heavy atom. The molecule has 6 nitrogen and oxygen atoms in total. The number of aromatic carboxylic acids is 1. The molecule has 0 aliphatic carbocycles. The van der Waals surface area contributed by atoms with Crippen molar-refractivity contribution in [2.45, 2.75) is 6.04 Å². The molecule has 1 aromatic rings. The summed E-state index contributed by atoms with van der Waals surface area (Å²) in [5.74, 6) is -0.511. The van der Waals surface area contributed by atoms with Crippen LogP contribution in [-0.2, 0) is 0 Å². The fraction of sp³-hybridized carbons (Fsp3) is 0.538. The number of likely N-dealkylation sites (N-methyl/N-ethyl adjacent to an activating group) is 2. The minimum atomic E-state index is -1.05. The van der Waals surface area contributed by atoms with E-state index >= 15 is 0 Å². The molecule has 1 atom stereocenters. The van der Waals surface area contributed by atoms with Crippen LogP contribution in [0.1, 0.15) is 10.4 Å². The third-order valence-corrected chi connectivity index (χ3v) is 3.89. The number of hydrogen-bond acceptors (Lipinski definition) is 5. The maximum absolute atomic E-state index is 11.0. The van der Waals surface area contributed by atoms with Crippen LogP contribution < -0.4 is 5.32 Å². The number of carboxylic acid groups (broad SMARTS) is 1. The van der Waals surface area contributed by atoms with E-state index < -0.39 is 5.97 Å². The van der Waals surface area contributed by atoms with E-state index in [1.165, 1.54) is 12.3 Å². The molecule has 2 heterocycles. The second-order valence-electron chi connectivity index (χ2n) is 5.13. The molecule has 1 aromatic heterocycles. The number of nitrogens with one attached hydrogen (secondary N) is 1. The number of piperazine rings is 1. The highest BCUT2D eigenvalue weighted by Gasteiger charge is 2.22. The Bertz CT molecular complexity index is 497. The highest BCUT2D eigenvalue weighted by Crippen LogP contribution is 2.18. The number of halogens is 1. The molecular weight excluding hydrogens is 280 g/mol. The van der Waals surface area contributed by atoms with E-state index in [9.17, 15) is 4.79 Å². The number of aromatic nitrogens is 1. The van der Waals surface area contributed by atoms with Gasteiger partial charge in [-0.25, -0.2) is 9.78 Å². The van der Waals surface area contributed by atoms with Crippen LogP contribution in [0.2, 0.25) is 5.02 Å². The molecule has 2 rings (SSSR count). The molecule has 20 heavy (non-hydrogen) atoms. The van der Waals surface area contributed by atoms with Gasteiger partial charge in [0.2, 0.25) is 0 Å². The van der Waals surface area contributed by atoms with Crippen molar-refractivity contribution in [3.05, 3.63) is 22.8 Å². The summed E-state index contributed by atoms with van der Waals surface area (Å²) in [6.07, 6.45) is 1.37. The highest BCUT2D eigenvalue weighted by molar-refractivity contribution is 6.33. The maximum atomic E-state index is 11.0. The molecule has 110 valence electrons. The highest BCUT2D eigenvalue weighted by atomic mass is 35.5. The van der Waals surface area contributed by atoms with Crippen LogP contribution in [-0.4, -0.2) is 72.2 Å². The first-order valence-electron chi connectivity index (χ1n) is 6.49. The van der Waals surface area contributed by atoms with Crippen molar-refractivity contribution in [1.29, 1.82) is 0 Å². The lowest BCUT2D eigenvalue weighted by Gasteiger charge is -2.37. The summed E-state index contributed by atoms with van der Waals surface area (Å²) >= 11 is 5.80. The van der Waals surface area contributed by atoms with E-state index in [0.29, 0.717) is 18.4 Å². The van der Waals surface area contributed by atoms with E-state index in [-0.39, 0.29) is 10.6 Å². The van der Waals surface area contributed by atoms with Gasteiger partial charge >= 0.3 is 5.97 Å². The molecular formula is C13H19ClN4O2. The average molecular weight is 299 g/mol. The topological polar surface area (TPSA) is 68.7 Å². The van der Waals surface area contributed by atoms with E-state index in [1.54, 1.807) is 0 Å². The van der Waals surface area contributed by atoms with Crippen LogP contribution in [0, 0.1) is 0 Å². The minimum absolute atomic E-state index is 0.0679. The molecule has 0 amide bonds.